The van der Waals surface area contributed by atoms with Gasteiger partial charge in [-0.1, -0.05) is 49.8 Å². The number of ether oxygens (including phenoxy) is 2. The standard InChI is InChI=1S/C23H28ClNO3/c1-27-22-13-12-17(23(26)25-20-9-5-3-2-4-6-10-20)14-18(22)16-28-21-11-7-8-19(24)15-21/h7-8,11-15,20H,2-6,9-10,16H2,1H3,(H,25,26). The van der Waals surface area contributed by atoms with Crippen molar-refractivity contribution in [3.05, 3.63) is 58.6 Å². The Morgan fingerprint density at radius 3 is 2.54 bits per heavy atom. The Labute approximate surface area is 172 Å². The summed E-state index contributed by atoms with van der Waals surface area (Å²) in [7, 11) is 1.62. The van der Waals surface area contributed by atoms with E-state index in [-0.39, 0.29) is 11.9 Å². The third-order valence-corrected chi connectivity index (χ3v) is 5.41. The molecule has 4 nitrogen and oxygen atoms in total. The number of halogens is 1. The van der Waals surface area contributed by atoms with Crippen molar-refractivity contribution in [2.24, 2.45) is 0 Å². The molecule has 1 aliphatic carbocycles. The highest BCUT2D eigenvalue weighted by molar-refractivity contribution is 6.30. The van der Waals surface area contributed by atoms with E-state index in [1.54, 1.807) is 25.3 Å². The minimum Gasteiger partial charge on any atom is -0.496 e. The molecule has 2 aromatic carbocycles. The molecule has 0 bridgehead atoms. The molecule has 0 aliphatic heterocycles. The summed E-state index contributed by atoms with van der Waals surface area (Å²) >= 11 is 6.01. The van der Waals surface area contributed by atoms with Crippen LogP contribution in [-0.4, -0.2) is 19.1 Å². The number of carbonyl (C=O) groups excluding carboxylic acids is 1. The smallest absolute Gasteiger partial charge is 0.251 e. The first-order valence-corrected chi connectivity index (χ1v) is 10.4. The molecule has 3 rings (SSSR count). The van der Waals surface area contributed by atoms with E-state index in [2.05, 4.69) is 5.32 Å². The second kappa shape index (κ2) is 10.4. The van der Waals surface area contributed by atoms with Crippen molar-refractivity contribution in [1.29, 1.82) is 0 Å². The molecule has 0 saturated heterocycles. The van der Waals surface area contributed by atoms with Crippen LogP contribution in [0.1, 0.15) is 60.9 Å². The fraction of sp³-hybridized carbons (Fsp3) is 0.435. The molecule has 28 heavy (non-hydrogen) atoms. The van der Waals surface area contributed by atoms with Crippen molar-refractivity contribution in [2.75, 3.05) is 7.11 Å². The summed E-state index contributed by atoms with van der Waals surface area (Å²) in [6.45, 7) is 0.300. The van der Waals surface area contributed by atoms with Crippen LogP contribution in [0, 0.1) is 0 Å². The normalized spacial score (nSPS) is 15.4. The van der Waals surface area contributed by atoms with Crippen molar-refractivity contribution in [3.63, 3.8) is 0 Å². The predicted octanol–water partition coefficient (Wildman–Crippen LogP) is 5.77. The zero-order valence-electron chi connectivity index (χ0n) is 16.4. The monoisotopic (exact) mass is 401 g/mol. The Balaban J connectivity index is 1.67. The van der Waals surface area contributed by atoms with Crippen LogP contribution in [-0.2, 0) is 6.61 Å². The summed E-state index contributed by atoms with van der Waals surface area (Å²) in [4.78, 5) is 12.8. The van der Waals surface area contributed by atoms with Crippen molar-refractivity contribution < 1.29 is 14.3 Å². The van der Waals surface area contributed by atoms with Gasteiger partial charge in [-0.2, -0.15) is 0 Å². The van der Waals surface area contributed by atoms with E-state index in [4.69, 9.17) is 21.1 Å². The van der Waals surface area contributed by atoms with E-state index in [9.17, 15) is 4.79 Å². The first-order chi connectivity index (χ1) is 13.7. The first kappa shape index (κ1) is 20.5. The molecular formula is C23H28ClNO3. The Morgan fingerprint density at radius 2 is 1.82 bits per heavy atom. The lowest BCUT2D eigenvalue weighted by atomic mass is 9.96. The molecule has 1 amide bonds. The zero-order chi connectivity index (χ0) is 19.8. The number of benzene rings is 2. The van der Waals surface area contributed by atoms with Crippen LogP contribution in [0.5, 0.6) is 11.5 Å². The number of nitrogens with one attached hydrogen (secondary N) is 1. The van der Waals surface area contributed by atoms with Crippen LogP contribution in [0.4, 0.5) is 0 Å². The third kappa shape index (κ3) is 5.90. The molecule has 0 heterocycles. The van der Waals surface area contributed by atoms with Gasteiger partial charge in [0, 0.05) is 22.2 Å². The first-order valence-electron chi connectivity index (χ1n) is 10.0. The average molecular weight is 402 g/mol. The van der Waals surface area contributed by atoms with Crippen LogP contribution in [0.3, 0.4) is 0 Å². The summed E-state index contributed by atoms with van der Waals surface area (Å²) in [5.41, 5.74) is 1.46. The lowest BCUT2D eigenvalue weighted by molar-refractivity contribution is 0.0930. The fourth-order valence-corrected chi connectivity index (χ4v) is 3.80. The number of hydrogen-bond acceptors (Lipinski definition) is 3. The second-order valence-electron chi connectivity index (χ2n) is 7.29. The molecule has 0 radical (unpaired) electrons. The van der Waals surface area contributed by atoms with E-state index in [0.29, 0.717) is 28.7 Å². The van der Waals surface area contributed by atoms with Crippen molar-refractivity contribution in [3.8, 4) is 11.5 Å². The number of carbonyl (C=O) groups is 1. The van der Waals surface area contributed by atoms with E-state index < -0.39 is 0 Å². The quantitative estimate of drug-likeness (QED) is 0.668. The molecule has 150 valence electrons. The highest BCUT2D eigenvalue weighted by Gasteiger charge is 2.16. The number of hydrogen-bond donors (Lipinski definition) is 1. The molecular weight excluding hydrogens is 374 g/mol. The average Bonchev–Trinajstić information content (AvgIpc) is 2.68. The number of rotatable bonds is 6. The van der Waals surface area contributed by atoms with E-state index in [1.807, 2.05) is 24.3 Å². The highest BCUT2D eigenvalue weighted by Crippen LogP contribution is 2.24. The van der Waals surface area contributed by atoms with Crippen molar-refractivity contribution in [1.82, 2.24) is 5.32 Å². The van der Waals surface area contributed by atoms with Crippen LogP contribution < -0.4 is 14.8 Å². The maximum Gasteiger partial charge on any atom is 0.251 e. The molecule has 0 unspecified atom stereocenters. The largest absolute Gasteiger partial charge is 0.496 e. The molecule has 1 fully saturated rings. The summed E-state index contributed by atoms with van der Waals surface area (Å²) in [6, 6.07) is 13.0. The lowest BCUT2D eigenvalue weighted by Gasteiger charge is -2.21. The van der Waals surface area contributed by atoms with Gasteiger partial charge in [0.1, 0.15) is 18.1 Å². The van der Waals surface area contributed by atoms with Gasteiger partial charge in [-0.15, -0.1) is 0 Å². The summed E-state index contributed by atoms with van der Waals surface area (Å²) in [6.07, 6.45) is 8.34. The van der Waals surface area contributed by atoms with Gasteiger partial charge in [0.25, 0.3) is 5.91 Å². The fourth-order valence-electron chi connectivity index (χ4n) is 3.62. The molecule has 5 heteroatoms. The van der Waals surface area contributed by atoms with Crippen molar-refractivity contribution >= 4 is 17.5 Å². The van der Waals surface area contributed by atoms with Gasteiger partial charge in [-0.3, -0.25) is 4.79 Å². The molecule has 1 N–H and O–H groups in total. The third-order valence-electron chi connectivity index (χ3n) is 5.17. The van der Waals surface area contributed by atoms with Crippen LogP contribution in [0.25, 0.3) is 0 Å². The van der Waals surface area contributed by atoms with Crippen molar-refractivity contribution in [2.45, 2.75) is 57.6 Å². The second-order valence-corrected chi connectivity index (χ2v) is 7.72. The van der Waals surface area contributed by atoms with Gasteiger partial charge < -0.3 is 14.8 Å². The summed E-state index contributed by atoms with van der Waals surface area (Å²) < 4.78 is 11.3. The molecule has 2 aromatic rings. The SMILES string of the molecule is COc1ccc(C(=O)NC2CCCCCCC2)cc1COc1cccc(Cl)c1. The van der Waals surface area contributed by atoms with Gasteiger partial charge in [0.2, 0.25) is 0 Å². The summed E-state index contributed by atoms with van der Waals surface area (Å²) in [5.74, 6) is 1.35. The number of methoxy groups -OCH3 is 1. The Bertz CT molecular complexity index is 785. The van der Waals surface area contributed by atoms with Gasteiger partial charge in [0.05, 0.1) is 7.11 Å². The minimum absolute atomic E-state index is 0.0303. The Kier molecular flexibility index (Phi) is 7.61. The van der Waals surface area contributed by atoms with Gasteiger partial charge in [-0.05, 0) is 49.2 Å². The lowest BCUT2D eigenvalue weighted by Crippen LogP contribution is -2.35. The van der Waals surface area contributed by atoms with Crippen LogP contribution >= 0.6 is 11.6 Å². The van der Waals surface area contributed by atoms with Crippen LogP contribution in [0.15, 0.2) is 42.5 Å². The molecule has 1 saturated carbocycles. The predicted molar refractivity (Wildman–Crippen MR) is 112 cm³/mol. The molecule has 0 aromatic heterocycles. The number of amides is 1. The molecule has 0 atom stereocenters. The maximum atomic E-state index is 12.8. The summed E-state index contributed by atoms with van der Waals surface area (Å²) in [5, 5.41) is 3.83. The molecule has 0 spiro atoms. The topological polar surface area (TPSA) is 47.6 Å². The van der Waals surface area contributed by atoms with Gasteiger partial charge in [0.15, 0.2) is 0 Å². The molecule has 1 aliphatic rings. The van der Waals surface area contributed by atoms with Gasteiger partial charge >= 0.3 is 0 Å². The Morgan fingerprint density at radius 1 is 1.07 bits per heavy atom. The van der Waals surface area contributed by atoms with E-state index >= 15 is 0 Å². The van der Waals surface area contributed by atoms with E-state index in [1.165, 1.54) is 32.1 Å². The maximum absolute atomic E-state index is 12.8. The Hall–Kier alpha value is -2.20. The minimum atomic E-state index is -0.0303. The highest BCUT2D eigenvalue weighted by atomic mass is 35.5. The zero-order valence-corrected chi connectivity index (χ0v) is 17.1. The van der Waals surface area contributed by atoms with Gasteiger partial charge in [-0.25, -0.2) is 0 Å². The van der Waals surface area contributed by atoms with Crippen LogP contribution in [0.2, 0.25) is 5.02 Å². The van der Waals surface area contributed by atoms with E-state index in [0.717, 1.165) is 18.4 Å².